The lowest BCUT2D eigenvalue weighted by Crippen LogP contribution is -2.38. The van der Waals surface area contributed by atoms with Crippen molar-refractivity contribution < 1.29 is 36.6 Å². The van der Waals surface area contributed by atoms with Crippen molar-refractivity contribution in [2.45, 2.75) is 23.8 Å². The maximum absolute atomic E-state index is 13.8. The monoisotopic (exact) mass is 569 g/mol. The molecule has 0 saturated carbocycles. The lowest BCUT2D eigenvalue weighted by atomic mass is 10.1. The smallest absolute Gasteiger partial charge is 0.264 e. The molecule has 2 aliphatic heterocycles. The molecule has 1 saturated heterocycles. The number of fused-ring (bicyclic) bond motifs is 1. The van der Waals surface area contributed by atoms with Crippen molar-refractivity contribution >= 4 is 33.2 Å². The van der Waals surface area contributed by atoms with Crippen molar-refractivity contribution in [3.63, 3.8) is 0 Å². The minimum atomic E-state index is -4.31. The highest BCUT2D eigenvalue weighted by atomic mass is 32.2. The van der Waals surface area contributed by atoms with E-state index in [4.69, 9.17) is 14.2 Å². The van der Waals surface area contributed by atoms with E-state index in [0.717, 1.165) is 29.3 Å². The van der Waals surface area contributed by atoms with Gasteiger partial charge in [-0.3, -0.25) is 13.9 Å². The number of sulfonamides is 1. The summed E-state index contributed by atoms with van der Waals surface area (Å²) in [6.07, 6.45) is 1.74. The SMILES string of the molecule is O=C(CN(c1ccc(F)cc1)S(=O)(=O)c1ccc2c(c1)OCCO2)Nc1ccccc1C(=O)NC[C@@H]1CCCO1. The van der Waals surface area contributed by atoms with Crippen LogP contribution in [0.3, 0.4) is 0 Å². The Kier molecular flexibility index (Phi) is 8.17. The number of ether oxygens (including phenoxy) is 3. The average molecular weight is 570 g/mol. The van der Waals surface area contributed by atoms with Crippen LogP contribution in [-0.2, 0) is 19.6 Å². The van der Waals surface area contributed by atoms with Crippen molar-refractivity contribution in [1.82, 2.24) is 5.32 Å². The highest BCUT2D eigenvalue weighted by molar-refractivity contribution is 7.92. The second-order valence-electron chi connectivity index (χ2n) is 9.23. The Bertz CT molecular complexity index is 1490. The van der Waals surface area contributed by atoms with Crippen LogP contribution in [-0.4, -0.2) is 59.2 Å². The number of benzene rings is 3. The van der Waals surface area contributed by atoms with E-state index in [-0.39, 0.29) is 40.3 Å². The van der Waals surface area contributed by atoms with Gasteiger partial charge in [0.2, 0.25) is 5.91 Å². The summed E-state index contributed by atoms with van der Waals surface area (Å²) >= 11 is 0. The molecule has 3 aromatic carbocycles. The Balaban J connectivity index is 1.37. The van der Waals surface area contributed by atoms with E-state index < -0.39 is 34.2 Å². The molecule has 0 aromatic heterocycles. The topological polar surface area (TPSA) is 123 Å². The predicted octanol–water partition coefficient (Wildman–Crippen LogP) is 3.34. The maximum Gasteiger partial charge on any atom is 0.264 e. The van der Waals surface area contributed by atoms with Gasteiger partial charge >= 0.3 is 0 Å². The van der Waals surface area contributed by atoms with Crippen molar-refractivity contribution in [2.75, 3.05) is 42.5 Å². The normalized spacial score (nSPS) is 16.3. The van der Waals surface area contributed by atoms with Crippen molar-refractivity contribution in [1.29, 1.82) is 0 Å². The van der Waals surface area contributed by atoms with Gasteiger partial charge in [0.05, 0.1) is 27.9 Å². The van der Waals surface area contributed by atoms with Gasteiger partial charge in [-0.15, -0.1) is 0 Å². The minimum absolute atomic E-state index is 0.0549. The second kappa shape index (κ2) is 11.9. The largest absolute Gasteiger partial charge is 0.486 e. The number of hydrogen-bond donors (Lipinski definition) is 2. The van der Waals surface area contributed by atoms with Gasteiger partial charge in [0.15, 0.2) is 11.5 Å². The first-order chi connectivity index (χ1) is 19.3. The van der Waals surface area contributed by atoms with Gasteiger partial charge in [0.25, 0.3) is 15.9 Å². The molecule has 0 unspecified atom stereocenters. The Hall–Kier alpha value is -4.16. The molecule has 210 valence electrons. The number of nitrogens with zero attached hydrogens (tertiary/aromatic N) is 1. The van der Waals surface area contributed by atoms with E-state index in [1.54, 1.807) is 24.3 Å². The fraction of sp³-hybridized carbons (Fsp3) is 0.286. The van der Waals surface area contributed by atoms with Crippen molar-refractivity contribution in [2.24, 2.45) is 0 Å². The van der Waals surface area contributed by atoms with Crippen LogP contribution in [0.2, 0.25) is 0 Å². The van der Waals surface area contributed by atoms with E-state index in [0.29, 0.717) is 25.5 Å². The molecular weight excluding hydrogens is 541 g/mol. The predicted molar refractivity (Wildman–Crippen MR) is 145 cm³/mol. The van der Waals surface area contributed by atoms with Gasteiger partial charge in [-0.2, -0.15) is 0 Å². The molecule has 12 heteroatoms. The van der Waals surface area contributed by atoms with Gasteiger partial charge in [-0.25, -0.2) is 12.8 Å². The fourth-order valence-electron chi connectivity index (χ4n) is 4.45. The van der Waals surface area contributed by atoms with Crippen molar-refractivity contribution in [3.05, 3.63) is 78.1 Å². The fourth-order valence-corrected chi connectivity index (χ4v) is 5.89. The highest BCUT2D eigenvalue weighted by Crippen LogP contribution is 2.34. The number of hydrogen-bond acceptors (Lipinski definition) is 7. The number of carbonyl (C=O) groups excluding carboxylic acids is 2. The van der Waals surface area contributed by atoms with Crippen LogP contribution in [0.5, 0.6) is 11.5 Å². The molecule has 2 heterocycles. The van der Waals surface area contributed by atoms with E-state index >= 15 is 0 Å². The highest BCUT2D eigenvalue weighted by Gasteiger charge is 2.29. The maximum atomic E-state index is 13.8. The third kappa shape index (κ3) is 6.18. The van der Waals surface area contributed by atoms with Gasteiger partial charge < -0.3 is 24.8 Å². The molecular formula is C28H28FN3O7S. The molecule has 0 radical (unpaired) electrons. The number of para-hydroxylation sites is 1. The first-order valence-electron chi connectivity index (χ1n) is 12.8. The summed E-state index contributed by atoms with van der Waals surface area (Å²) < 4.78 is 58.6. The Morgan fingerprint density at radius 1 is 0.950 bits per heavy atom. The average Bonchev–Trinajstić information content (AvgIpc) is 3.49. The van der Waals surface area contributed by atoms with Crippen LogP contribution >= 0.6 is 0 Å². The Labute approximate surface area is 231 Å². The van der Waals surface area contributed by atoms with Gasteiger partial charge in [-0.1, -0.05) is 12.1 Å². The molecule has 0 spiro atoms. The molecule has 2 aliphatic rings. The summed E-state index contributed by atoms with van der Waals surface area (Å²) in [4.78, 5) is 26.0. The number of amides is 2. The van der Waals surface area contributed by atoms with Crippen molar-refractivity contribution in [3.8, 4) is 11.5 Å². The third-order valence-corrected chi connectivity index (χ3v) is 8.23. The zero-order valence-corrected chi connectivity index (χ0v) is 22.3. The first-order valence-corrected chi connectivity index (χ1v) is 14.2. The standard InChI is InChI=1S/C28H28FN3O7S/c29-19-7-9-20(10-8-19)32(40(35,36)22-11-12-25-26(16-22)39-15-14-38-25)18-27(33)31-24-6-2-1-5-23(24)28(34)30-17-21-4-3-13-37-21/h1-2,5-12,16,21H,3-4,13-15,17-18H2,(H,30,34)(H,31,33)/t21-/m0/s1. The minimum Gasteiger partial charge on any atom is -0.486 e. The van der Waals surface area contributed by atoms with Crippen LogP contribution in [0.15, 0.2) is 71.6 Å². The molecule has 5 rings (SSSR count). The number of carbonyl (C=O) groups is 2. The molecule has 1 fully saturated rings. The van der Waals surface area contributed by atoms with Crippen LogP contribution < -0.4 is 24.4 Å². The summed E-state index contributed by atoms with van der Waals surface area (Å²) in [7, 11) is -4.31. The number of nitrogens with one attached hydrogen (secondary N) is 2. The van der Waals surface area contributed by atoms with Crippen LogP contribution in [0, 0.1) is 5.82 Å². The summed E-state index contributed by atoms with van der Waals surface area (Å²) in [5.41, 5.74) is 0.513. The quantitative estimate of drug-likeness (QED) is 0.405. The van der Waals surface area contributed by atoms with E-state index in [1.807, 2.05) is 0 Å². The van der Waals surface area contributed by atoms with E-state index in [1.165, 1.54) is 30.3 Å². The molecule has 0 aliphatic carbocycles. The molecule has 2 amide bonds. The summed E-state index contributed by atoms with van der Waals surface area (Å²) in [6, 6.07) is 15.3. The van der Waals surface area contributed by atoms with Gasteiger partial charge in [0.1, 0.15) is 25.6 Å². The van der Waals surface area contributed by atoms with E-state index in [9.17, 15) is 22.4 Å². The van der Waals surface area contributed by atoms with Crippen LogP contribution in [0.1, 0.15) is 23.2 Å². The number of anilines is 2. The van der Waals surface area contributed by atoms with Gasteiger partial charge in [-0.05, 0) is 61.4 Å². The molecule has 3 aromatic rings. The Morgan fingerprint density at radius 2 is 1.70 bits per heavy atom. The summed E-state index contributed by atoms with van der Waals surface area (Å²) in [6.45, 7) is 0.963. The zero-order chi connectivity index (χ0) is 28.1. The molecule has 1 atom stereocenters. The van der Waals surface area contributed by atoms with Crippen LogP contribution in [0.25, 0.3) is 0 Å². The third-order valence-electron chi connectivity index (χ3n) is 6.46. The zero-order valence-electron chi connectivity index (χ0n) is 21.5. The number of rotatable bonds is 9. The Morgan fingerprint density at radius 3 is 2.45 bits per heavy atom. The van der Waals surface area contributed by atoms with Gasteiger partial charge in [0, 0.05) is 19.2 Å². The lowest BCUT2D eigenvalue weighted by Gasteiger charge is -2.25. The summed E-state index contributed by atoms with van der Waals surface area (Å²) in [5.74, 6) is -0.993. The molecule has 40 heavy (non-hydrogen) atoms. The molecule has 0 bridgehead atoms. The lowest BCUT2D eigenvalue weighted by molar-refractivity contribution is -0.114. The first kappa shape index (κ1) is 27.4. The van der Waals surface area contributed by atoms with E-state index in [2.05, 4.69) is 10.6 Å². The summed E-state index contributed by atoms with van der Waals surface area (Å²) in [5, 5.41) is 5.47. The molecule has 10 nitrogen and oxygen atoms in total. The number of halogens is 1. The molecule has 2 N–H and O–H groups in total. The van der Waals surface area contributed by atoms with Crippen LogP contribution in [0.4, 0.5) is 15.8 Å². The second-order valence-corrected chi connectivity index (χ2v) is 11.1.